The molecule has 1 unspecified atom stereocenters. The van der Waals surface area contributed by atoms with Crippen molar-refractivity contribution in [3.05, 3.63) is 57.1 Å². The van der Waals surface area contributed by atoms with Crippen LogP contribution in [0.5, 0.6) is 0 Å². The standard InChI is InChI=1S/C21H15Cl2F6N3O2/c22-14-2-1-13-18(17(14)23)30-15-3-4-32(16(34)8-33)9-19(13,15)31-12-6-10(20(24,25)26)5-11(7-12)21(27,28)29/h1-2,5-7,31,33H,3-4,8-9H2. The van der Waals surface area contributed by atoms with Crippen LogP contribution in [-0.2, 0) is 22.7 Å². The Balaban J connectivity index is 1.89. The Bertz CT molecular complexity index is 1170. The minimum absolute atomic E-state index is 0.0273. The number of nitrogens with zero attached hydrogens (tertiary/aromatic N) is 2. The monoisotopic (exact) mass is 525 g/mol. The zero-order chi connectivity index (χ0) is 25.1. The Morgan fingerprint density at radius 2 is 1.71 bits per heavy atom. The first kappa shape index (κ1) is 24.6. The average molecular weight is 526 g/mol. The van der Waals surface area contributed by atoms with Gasteiger partial charge in [0.25, 0.3) is 0 Å². The predicted molar refractivity (Wildman–Crippen MR) is 114 cm³/mol. The maximum absolute atomic E-state index is 13.4. The first-order valence-electron chi connectivity index (χ1n) is 9.79. The Morgan fingerprint density at radius 1 is 1.09 bits per heavy atom. The molecule has 1 saturated heterocycles. The van der Waals surface area contributed by atoms with Crippen LogP contribution in [0.25, 0.3) is 0 Å². The van der Waals surface area contributed by atoms with Gasteiger partial charge in [-0.1, -0.05) is 29.3 Å². The molecule has 0 aliphatic carbocycles. The lowest BCUT2D eigenvalue weighted by Gasteiger charge is -2.43. The number of halogens is 8. The van der Waals surface area contributed by atoms with Crippen molar-refractivity contribution in [1.82, 2.24) is 4.90 Å². The Morgan fingerprint density at radius 3 is 2.26 bits per heavy atom. The first-order valence-corrected chi connectivity index (χ1v) is 10.5. The number of nitrogens with one attached hydrogen (secondary N) is 1. The number of hydrogen-bond donors (Lipinski definition) is 2. The average Bonchev–Trinajstić information content (AvgIpc) is 3.08. The molecule has 0 saturated carbocycles. The topological polar surface area (TPSA) is 64.9 Å². The molecule has 2 aromatic carbocycles. The molecule has 1 amide bonds. The fourth-order valence-corrected chi connectivity index (χ4v) is 4.56. The van der Waals surface area contributed by atoms with Crippen LogP contribution in [0, 0.1) is 0 Å². The summed E-state index contributed by atoms with van der Waals surface area (Å²) in [5, 5.41) is 12.3. The third kappa shape index (κ3) is 4.20. The lowest BCUT2D eigenvalue weighted by Crippen LogP contribution is -2.57. The molecule has 0 spiro atoms. The molecule has 5 nitrogen and oxygen atoms in total. The molecule has 2 aromatic rings. The van der Waals surface area contributed by atoms with Crippen molar-refractivity contribution < 1.29 is 36.2 Å². The Hall–Kier alpha value is -2.50. The van der Waals surface area contributed by atoms with E-state index in [-0.39, 0.29) is 41.3 Å². The number of fused-ring (bicyclic) bond motifs is 3. The highest BCUT2D eigenvalue weighted by Gasteiger charge is 2.49. The summed E-state index contributed by atoms with van der Waals surface area (Å²) >= 11 is 12.3. The number of piperidine rings is 1. The van der Waals surface area contributed by atoms with Crippen LogP contribution < -0.4 is 5.32 Å². The van der Waals surface area contributed by atoms with Crippen LogP contribution in [0.3, 0.4) is 0 Å². The molecule has 0 bridgehead atoms. The van der Waals surface area contributed by atoms with Gasteiger partial charge in [-0.15, -0.1) is 0 Å². The number of anilines is 1. The maximum Gasteiger partial charge on any atom is 0.416 e. The number of aliphatic imine (C=N–C) groups is 1. The number of aliphatic hydroxyl groups excluding tert-OH is 1. The number of amides is 1. The highest BCUT2D eigenvalue weighted by Crippen LogP contribution is 2.50. The van der Waals surface area contributed by atoms with Crippen LogP contribution >= 0.6 is 23.2 Å². The number of benzene rings is 2. The van der Waals surface area contributed by atoms with Gasteiger partial charge in [-0.05, 0) is 24.3 Å². The third-order valence-corrected chi connectivity index (χ3v) is 6.54. The van der Waals surface area contributed by atoms with Crippen LogP contribution in [0.15, 0.2) is 35.3 Å². The van der Waals surface area contributed by atoms with Gasteiger partial charge in [0.15, 0.2) is 0 Å². The minimum Gasteiger partial charge on any atom is -0.387 e. The van der Waals surface area contributed by atoms with E-state index in [2.05, 4.69) is 10.3 Å². The number of carbonyl (C=O) groups is 1. The fraction of sp³-hybridized carbons (Fsp3) is 0.333. The molecule has 1 fully saturated rings. The highest BCUT2D eigenvalue weighted by molar-refractivity contribution is 6.44. The zero-order valence-electron chi connectivity index (χ0n) is 17.0. The molecule has 1 atom stereocenters. The van der Waals surface area contributed by atoms with Gasteiger partial charge in [0.1, 0.15) is 12.1 Å². The molecule has 4 rings (SSSR count). The van der Waals surface area contributed by atoms with Gasteiger partial charge in [-0.25, -0.2) is 0 Å². The number of alkyl halides is 6. The minimum atomic E-state index is -5.04. The highest BCUT2D eigenvalue weighted by atomic mass is 35.5. The summed E-state index contributed by atoms with van der Waals surface area (Å²) in [6.45, 7) is -0.899. The van der Waals surface area contributed by atoms with Crippen molar-refractivity contribution in [3.63, 3.8) is 0 Å². The maximum atomic E-state index is 13.4. The number of carbonyl (C=O) groups excluding carboxylic acids is 1. The second kappa shape index (κ2) is 8.31. The third-order valence-electron chi connectivity index (χ3n) is 5.75. The lowest BCUT2D eigenvalue weighted by atomic mass is 9.81. The smallest absolute Gasteiger partial charge is 0.387 e. The number of likely N-dealkylation sites (tertiary alicyclic amines) is 1. The molecule has 0 radical (unpaired) electrons. The predicted octanol–water partition coefficient (Wildman–Crippen LogP) is 5.65. The van der Waals surface area contributed by atoms with E-state index in [9.17, 15) is 36.2 Å². The molecular formula is C21H15Cl2F6N3O2. The van der Waals surface area contributed by atoms with Crippen molar-refractivity contribution >= 4 is 46.2 Å². The molecule has 182 valence electrons. The quantitative estimate of drug-likeness (QED) is 0.509. The summed E-state index contributed by atoms with van der Waals surface area (Å²) in [5.74, 6) is -0.659. The van der Waals surface area contributed by atoms with E-state index in [1.54, 1.807) is 0 Å². The molecule has 2 aliphatic heterocycles. The van der Waals surface area contributed by atoms with Crippen molar-refractivity contribution in [2.24, 2.45) is 4.99 Å². The van der Waals surface area contributed by atoms with E-state index in [4.69, 9.17) is 23.2 Å². The molecule has 0 aromatic heterocycles. The summed E-state index contributed by atoms with van der Waals surface area (Å²) in [5.41, 5.74) is -4.06. The van der Waals surface area contributed by atoms with Gasteiger partial charge in [0.2, 0.25) is 5.91 Å². The fourth-order valence-electron chi connectivity index (χ4n) is 4.20. The summed E-state index contributed by atoms with van der Waals surface area (Å²) in [7, 11) is 0. The van der Waals surface area contributed by atoms with Crippen LogP contribution in [-0.4, -0.2) is 41.3 Å². The largest absolute Gasteiger partial charge is 0.416 e. The van der Waals surface area contributed by atoms with Crippen LogP contribution in [0.4, 0.5) is 37.7 Å². The normalized spacial score (nSPS) is 20.0. The van der Waals surface area contributed by atoms with E-state index in [0.717, 1.165) is 0 Å². The first-order chi connectivity index (χ1) is 15.8. The van der Waals surface area contributed by atoms with Crippen molar-refractivity contribution in [2.45, 2.75) is 24.3 Å². The van der Waals surface area contributed by atoms with Crippen LogP contribution in [0.2, 0.25) is 10.0 Å². The second-order valence-corrected chi connectivity index (χ2v) is 8.65. The van der Waals surface area contributed by atoms with E-state index in [1.807, 2.05) is 0 Å². The van der Waals surface area contributed by atoms with E-state index >= 15 is 0 Å². The van der Waals surface area contributed by atoms with Gasteiger partial charge in [-0.3, -0.25) is 9.79 Å². The molecule has 2 heterocycles. The molecular weight excluding hydrogens is 511 g/mol. The van der Waals surface area contributed by atoms with Gasteiger partial charge < -0.3 is 15.3 Å². The zero-order valence-corrected chi connectivity index (χ0v) is 18.5. The van der Waals surface area contributed by atoms with Crippen molar-refractivity contribution in [3.8, 4) is 0 Å². The SMILES string of the molecule is O=C(CO)N1CCC2=Nc3c(ccc(Cl)c3Cl)C2(Nc2cc(C(F)(F)F)cc(C(F)(F)F)c2)C1. The van der Waals surface area contributed by atoms with Crippen molar-refractivity contribution in [2.75, 3.05) is 25.0 Å². The number of rotatable bonds is 3. The molecule has 2 N–H and O–H groups in total. The second-order valence-electron chi connectivity index (χ2n) is 7.86. The molecule has 2 aliphatic rings. The Kier molecular flexibility index (Phi) is 6.02. The molecule has 13 heteroatoms. The Labute approximate surface area is 199 Å². The molecule has 34 heavy (non-hydrogen) atoms. The number of hydrogen-bond acceptors (Lipinski definition) is 4. The van der Waals surface area contributed by atoms with Crippen molar-refractivity contribution in [1.29, 1.82) is 0 Å². The van der Waals surface area contributed by atoms with Gasteiger partial charge in [0.05, 0.1) is 39.1 Å². The summed E-state index contributed by atoms with van der Waals surface area (Å²) in [6.07, 6.45) is -9.95. The van der Waals surface area contributed by atoms with Gasteiger partial charge >= 0.3 is 12.4 Å². The summed E-state index contributed by atoms with van der Waals surface area (Å²) in [6, 6.07) is 4.07. The van der Waals surface area contributed by atoms with E-state index < -0.39 is 47.2 Å². The summed E-state index contributed by atoms with van der Waals surface area (Å²) < 4.78 is 80.4. The lowest BCUT2D eigenvalue weighted by molar-refractivity contribution is -0.143. The summed E-state index contributed by atoms with van der Waals surface area (Å²) in [4.78, 5) is 17.9. The van der Waals surface area contributed by atoms with Gasteiger partial charge in [0, 0.05) is 24.2 Å². The van der Waals surface area contributed by atoms with Gasteiger partial charge in [-0.2, -0.15) is 26.3 Å². The van der Waals surface area contributed by atoms with Crippen LogP contribution in [0.1, 0.15) is 23.1 Å². The van der Waals surface area contributed by atoms with E-state index in [1.165, 1.54) is 17.0 Å². The van der Waals surface area contributed by atoms with E-state index in [0.29, 0.717) is 23.4 Å². The number of aliphatic hydroxyl groups is 1.